The molecule has 0 aliphatic heterocycles. The van der Waals surface area contributed by atoms with Crippen LogP contribution in [0, 0.1) is 0 Å². The number of pyridine rings is 1. The SMILES string of the molecule is O=C(C=Cc1ncccc1Cl)Nc1nn[nH]n1. The molecule has 0 unspecified atom stereocenters. The standard InChI is InChI=1S/C9H7ClN6O/c10-6-2-1-5-11-7(6)3-4-8(17)12-9-13-15-16-14-9/h1-5H,(H2,12,13,14,15,16,17). The normalized spacial score (nSPS) is 10.6. The van der Waals surface area contributed by atoms with Gasteiger partial charge in [-0.15, -0.1) is 5.10 Å². The second-order valence-corrected chi connectivity index (χ2v) is 3.34. The second-order valence-electron chi connectivity index (χ2n) is 2.93. The Morgan fingerprint density at radius 3 is 3.12 bits per heavy atom. The first-order chi connectivity index (χ1) is 8.25. The Morgan fingerprint density at radius 2 is 2.41 bits per heavy atom. The van der Waals surface area contributed by atoms with E-state index in [0.717, 1.165) is 0 Å². The lowest BCUT2D eigenvalue weighted by molar-refractivity contribution is -0.111. The number of halogens is 1. The highest BCUT2D eigenvalue weighted by Gasteiger charge is 2.02. The van der Waals surface area contributed by atoms with Crippen LogP contribution in [-0.4, -0.2) is 31.5 Å². The van der Waals surface area contributed by atoms with Crippen molar-refractivity contribution < 1.29 is 4.79 Å². The molecule has 2 heterocycles. The molecule has 2 N–H and O–H groups in total. The van der Waals surface area contributed by atoms with E-state index in [2.05, 4.69) is 30.9 Å². The van der Waals surface area contributed by atoms with Crippen LogP contribution in [0.3, 0.4) is 0 Å². The summed E-state index contributed by atoms with van der Waals surface area (Å²) < 4.78 is 0. The molecule has 0 aliphatic rings. The molecule has 0 saturated heterocycles. The Hall–Kier alpha value is -2.28. The maximum absolute atomic E-state index is 11.4. The van der Waals surface area contributed by atoms with Crippen molar-refractivity contribution in [3.05, 3.63) is 35.1 Å². The Kier molecular flexibility index (Phi) is 3.41. The number of H-pyrrole nitrogens is 1. The van der Waals surface area contributed by atoms with E-state index in [9.17, 15) is 4.79 Å². The van der Waals surface area contributed by atoms with Crippen LogP contribution >= 0.6 is 11.6 Å². The summed E-state index contributed by atoms with van der Waals surface area (Å²) in [5, 5.41) is 15.5. The first kappa shape index (κ1) is 11.2. The lowest BCUT2D eigenvalue weighted by Crippen LogP contribution is -2.09. The molecule has 0 saturated carbocycles. The van der Waals surface area contributed by atoms with Gasteiger partial charge in [-0.25, -0.2) is 0 Å². The van der Waals surface area contributed by atoms with Gasteiger partial charge in [-0.1, -0.05) is 16.7 Å². The molecule has 1 amide bonds. The number of rotatable bonds is 3. The van der Waals surface area contributed by atoms with E-state index in [1.807, 2.05) is 0 Å². The maximum Gasteiger partial charge on any atom is 0.270 e. The van der Waals surface area contributed by atoms with Crippen LogP contribution in [0.15, 0.2) is 24.4 Å². The highest BCUT2D eigenvalue weighted by atomic mass is 35.5. The minimum Gasteiger partial charge on any atom is -0.288 e. The van der Waals surface area contributed by atoms with E-state index < -0.39 is 5.91 Å². The molecule has 2 aromatic rings. The molecule has 0 radical (unpaired) electrons. The fraction of sp³-hybridized carbons (Fsp3) is 0. The number of anilines is 1. The number of carbonyl (C=O) groups is 1. The Labute approximate surface area is 101 Å². The van der Waals surface area contributed by atoms with Crippen molar-refractivity contribution in [3.63, 3.8) is 0 Å². The molecule has 2 aromatic heterocycles. The first-order valence-electron chi connectivity index (χ1n) is 4.59. The molecule has 7 nitrogen and oxygen atoms in total. The van der Waals surface area contributed by atoms with E-state index in [1.54, 1.807) is 18.3 Å². The number of aromatic nitrogens is 5. The summed E-state index contributed by atoms with van der Waals surface area (Å²) in [6.45, 7) is 0. The summed E-state index contributed by atoms with van der Waals surface area (Å²) in [7, 11) is 0. The Balaban J connectivity index is 2.01. The Bertz CT molecular complexity index is 538. The smallest absolute Gasteiger partial charge is 0.270 e. The third-order valence-electron chi connectivity index (χ3n) is 1.76. The average molecular weight is 251 g/mol. The van der Waals surface area contributed by atoms with Crippen LogP contribution in [0.4, 0.5) is 5.95 Å². The number of hydrogen-bond acceptors (Lipinski definition) is 5. The van der Waals surface area contributed by atoms with Crippen molar-refractivity contribution in [2.24, 2.45) is 0 Å². The van der Waals surface area contributed by atoms with Crippen molar-refractivity contribution in [1.29, 1.82) is 0 Å². The largest absolute Gasteiger partial charge is 0.288 e. The average Bonchev–Trinajstić information content (AvgIpc) is 2.81. The van der Waals surface area contributed by atoms with Crippen LogP contribution < -0.4 is 5.32 Å². The van der Waals surface area contributed by atoms with Gasteiger partial charge in [0.05, 0.1) is 10.7 Å². The molecular weight excluding hydrogens is 244 g/mol. The van der Waals surface area contributed by atoms with E-state index in [4.69, 9.17) is 11.6 Å². The van der Waals surface area contributed by atoms with Gasteiger partial charge in [0.1, 0.15) is 0 Å². The van der Waals surface area contributed by atoms with Crippen molar-refractivity contribution in [2.75, 3.05) is 5.32 Å². The molecule has 0 spiro atoms. The van der Waals surface area contributed by atoms with E-state index in [1.165, 1.54) is 12.2 Å². The van der Waals surface area contributed by atoms with Crippen LogP contribution in [0.1, 0.15) is 5.69 Å². The third kappa shape index (κ3) is 3.08. The highest BCUT2D eigenvalue weighted by molar-refractivity contribution is 6.31. The number of nitrogens with zero attached hydrogens (tertiary/aromatic N) is 4. The first-order valence-corrected chi connectivity index (χ1v) is 4.96. The van der Waals surface area contributed by atoms with Gasteiger partial charge < -0.3 is 0 Å². The predicted octanol–water partition coefficient (Wildman–Crippen LogP) is 0.900. The van der Waals surface area contributed by atoms with Gasteiger partial charge in [0.15, 0.2) is 0 Å². The summed E-state index contributed by atoms with van der Waals surface area (Å²) >= 11 is 5.87. The van der Waals surface area contributed by atoms with E-state index >= 15 is 0 Å². The summed E-state index contributed by atoms with van der Waals surface area (Å²) in [6.07, 6.45) is 4.37. The monoisotopic (exact) mass is 250 g/mol. The number of tetrazole rings is 1. The number of aromatic amines is 1. The second kappa shape index (κ2) is 5.17. The summed E-state index contributed by atoms with van der Waals surface area (Å²) in [5.41, 5.74) is 0.512. The molecule has 0 atom stereocenters. The van der Waals surface area contributed by atoms with Crippen molar-refractivity contribution in [2.45, 2.75) is 0 Å². The predicted molar refractivity (Wildman–Crippen MR) is 61.1 cm³/mol. The van der Waals surface area contributed by atoms with Gasteiger partial charge >= 0.3 is 0 Å². The lowest BCUT2D eigenvalue weighted by atomic mass is 10.3. The van der Waals surface area contributed by atoms with Crippen LogP contribution in [0.5, 0.6) is 0 Å². The van der Waals surface area contributed by atoms with E-state index in [-0.39, 0.29) is 5.95 Å². The summed E-state index contributed by atoms with van der Waals surface area (Å²) in [5.74, 6) is -0.292. The quantitative estimate of drug-likeness (QED) is 0.789. The van der Waals surface area contributed by atoms with Gasteiger partial charge in [-0.3, -0.25) is 15.1 Å². The van der Waals surface area contributed by atoms with Crippen molar-refractivity contribution in [1.82, 2.24) is 25.6 Å². The van der Waals surface area contributed by atoms with Gasteiger partial charge in [0.25, 0.3) is 11.9 Å². The third-order valence-corrected chi connectivity index (χ3v) is 2.08. The van der Waals surface area contributed by atoms with E-state index in [0.29, 0.717) is 10.7 Å². The fourth-order valence-electron chi connectivity index (χ4n) is 1.04. The molecule has 8 heteroatoms. The highest BCUT2D eigenvalue weighted by Crippen LogP contribution is 2.13. The molecule has 0 bridgehead atoms. The number of amides is 1. The number of carbonyl (C=O) groups excluding carboxylic acids is 1. The molecule has 0 aromatic carbocycles. The zero-order valence-corrected chi connectivity index (χ0v) is 9.22. The van der Waals surface area contributed by atoms with Gasteiger partial charge in [-0.05, 0) is 23.4 Å². The molecule has 86 valence electrons. The summed E-state index contributed by atoms with van der Waals surface area (Å²) in [4.78, 5) is 15.4. The van der Waals surface area contributed by atoms with Crippen LogP contribution in [0.25, 0.3) is 6.08 Å². The van der Waals surface area contributed by atoms with Gasteiger partial charge in [0, 0.05) is 12.3 Å². The number of nitrogens with one attached hydrogen (secondary N) is 2. The van der Waals surface area contributed by atoms with Gasteiger partial charge in [-0.2, -0.15) is 5.21 Å². The van der Waals surface area contributed by atoms with Crippen LogP contribution in [0.2, 0.25) is 5.02 Å². The van der Waals surface area contributed by atoms with Crippen LogP contribution in [-0.2, 0) is 4.79 Å². The van der Waals surface area contributed by atoms with Crippen molar-refractivity contribution in [3.8, 4) is 0 Å². The minimum atomic E-state index is -0.395. The van der Waals surface area contributed by atoms with Crippen molar-refractivity contribution >= 4 is 29.5 Å². The Morgan fingerprint density at radius 1 is 1.53 bits per heavy atom. The zero-order chi connectivity index (χ0) is 12.1. The fourth-order valence-corrected chi connectivity index (χ4v) is 1.23. The molecule has 2 rings (SSSR count). The number of hydrogen-bond donors (Lipinski definition) is 2. The van der Waals surface area contributed by atoms with Gasteiger partial charge in [0.2, 0.25) is 0 Å². The molecule has 0 aliphatic carbocycles. The molecule has 17 heavy (non-hydrogen) atoms. The maximum atomic E-state index is 11.4. The zero-order valence-electron chi connectivity index (χ0n) is 8.46. The lowest BCUT2D eigenvalue weighted by Gasteiger charge is -1.95. The topological polar surface area (TPSA) is 96.5 Å². The molecular formula is C9H7ClN6O. The summed E-state index contributed by atoms with van der Waals surface area (Å²) in [6, 6.07) is 3.39. The molecule has 0 fully saturated rings. The minimum absolute atomic E-state index is 0.103.